The minimum Gasteiger partial charge on any atom is -0.331 e. The summed E-state index contributed by atoms with van der Waals surface area (Å²) in [5.74, 6) is -0.0786. The fourth-order valence-corrected chi connectivity index (χ4v) is 2.20. The molecule has 0 fully saturated rings. The van der Waals surface area contributed by atoms with Gasteiger partial charge in [0.2, 0.25) is 0 Å². The number of halogens is 1. The van der Waals surface area contributed by atoms with Gasteiger partial charge in [0.1, 0.15) is 10.3 Å². The van der Waals surface area contributed by atoms with E-state index in [-0.39, 0.29) is 11.9 Å². The molecule has 5 heteroatoms. The highest BCUT2D eigenvalue weighted by molar-refractivity contribution is 9.10. The Labute approximate surface area is 127 Å². The summed E-state index contributed by atoms with van der Waals surface area (Å²) in [4.78, 5) is 22.7. The van der Waals surface area contributed by atoms with Gasteiger partial charge in [0.25, 0.3) is 5.91 Å². The molecule has 0 radical (unpaired) electrons. The van der Waals surface area contributed by atoms with E-state index in [1.54, 1.807) is 29.4 Å². The molecule has 0 unspecified atom stereocenters. The molecule has 2 heterocycles. The van der Waals surface area contributed by atoms with E-state index in [9.17, 15) is 4.79 Å². The van der Waals surface area contributed by atoms with E-state index in [1.165, 1.54) is 0 Å². The van der Waals surface area contributed by atoms with Crippen LogP contribution in [-0.2, 0) is 6.54 Å². The predicted molar refractivity (Wildman–Crippen MR) is 81.2 cm³/mol. The fourth-order valence-electron chi connectivity index (χ4n) is 1.85. The molecule has 0 N–H and O–H groups in total. The van der Waals surface area contributed by atoms with Crippen molar-refractivity contribution < 1.29 is 4.79 Å². The third-order valence-corrected chi connectivity index (χ3v) is 3.34. The maximum absolute atomic E-state index is 12.6. The zero-order valence-corrected chi connectivity index (χ0v) is 13.0. The van der Waals surface area contributed by atoms with Crippen LogP contribution < -0.4 is 0 Å². The normalized spacial score (nSPS) is 10.6. The number of rotatable bonds is 4. The molecule has 4 nitrogen and oxygen atoms in total. The molecule has 0 saturated heterocycles. The van der Waals surface area contributed by atoms with Gasteiger partial charge in [-0.1, -0.05) is 12.1 Å². The van der Waals surface area contributed by atoms with Crippen LogP contribution in [0.15, 0.2) is 47.3 Å². The highest BCUT2D eigenvalue weighted by atomic mass is 79.9. The Morgan fingerprint density at radius 2 is 2.10 bits per heavy atom. The van der Waals surface area contributed by atoms with Crippen molar-refractivity contribution in [2.24, 2.45) is 0 Å². The summed E-state index contributed by atoms with van der Waals surface area (Å²) < 4.78 is 0.661. The number of nitrogens with zero attached hydrogens (tertiary/aromatic N) is 3. The van der Waals surface area contributed by atoms with Crippen molar-refractivity contribution in [1.29, 1.82) is 0 Å². The molecular formula is C15H16BrN3O. The van der Waals surface area contributed by atoms with Crippen LogP contribution in [0, 0.1) is 0 Å². The Morgan fingerprint density at radius 1 is 1.30 bits per heavy atom. The van der Waals surface area contributed by atoms with Crippen LogP contribution in [0.25, 0.3) is 0 Å². The summed E-state index contributed by atoms with van der Waals surface area (Å²) >= 11 is 3.29. The van der Waals surface area contributed by atoms with Gasteiger partial charge >= 0.3 is 0 Å². The molecule has 0 saturated carbocycles. The van der Waals surface area contributed by atoms with Crippen LogP contribution in [0.2, 0.25) is 0 Å². The van der Waals surface area contributed by atoms with Crippen molar-refractivity contribution in [2.75, 3.05) is 0 Å². The molecule has 1 amide bonds. The Morgan fingerprint density at radius 3 is 2.70 bits per heavy atom. The number of aromatic nitrogens is 2. The molecule has 2 aromatic rings. The lowest BCUT2D eigenvalue weighted by Crippen LogP contribution is -2.36. The van der Waals surface area contributed by atoms with Crippen molar-refractivity contribution in [1.82, 2.24) is 14.9 Å². The van der Waals surface area contributed by atoms with E-state index < -0.39 is 0 Å². The van der Waals surface area contributed by atoms with E-state index in [4.69, 9.17) is 0 Å². The molecule has 0 aliphatic carbocycles. The number of hydrogen-bond donors (Lipinski definition) is 0. The van der Waals surface area contributed by atoms with Gasteiger partial charge in [-0.05, 0) is 53.5 Å². The Hall–Kier alpha value is -1.75. The zero-order chi connectivity index (χ0) is 14.5. The Balaban J connectivity index is 2.23. The lowest BCUT2D eigenvalue weighted by atomic mass is 10.2. The quantitative estimate of drug-likeness (QED) is 0.806. The summed E-state index contributed by atoms with van der Waals surface area (Å²) in [5, 5.41) is 0. The number of pyridine rings is 2. The number of amides is 1. The number of hydrogen-bond acceptors (Lipinski definition) is 3. The van der Waals surface area contributed by atoms with Crippen LogP contribution in [0.3, 0.4) is 0 Å². The zero-order valence-electron chi connectivity index (χ0n) is 11.5. The molecule has 0 atom stereocenters. The SMILES string of the molecule is CC(C)N(Cc1cccnc1)C(=O)c1cccc(Br)n1. The van der Waals surface area contributed by atoms with Crippen LogP contribution in [-0.4, -0.2) is 26.8 Å². The van der Waals surface area contributed by atoms with E-state index in [1.807, 2.05) is 32.0 Å². The molecule has 0 aliphatic heterocycles. The van der Waals surface area contributed by atoms with Gasteiger partial charge in [-0.2, -0.15) is 0 Å². The van der Waals surface area contributed by atoms with Gasteiger partial charge in [-0.25, -0.2) is 4.98 Å². The molecule has 0 spiro atoms. The van der Waals surface area contributed by atoms with Gasteiger partial charge in [0.15, 0.2) is 0 Å². The standard InChI is InChI=1S/C15H16BrN3O/c1-11(2)19(10-12-5-4-8-17-9-12)15(20)13-6-3-7-14(16)18-13/h3-9,11H,10H2,1-2H3. The first-order valence-corrected chi connectivity index (χ1v) is 7.19. The van der Waals surface area contributed by atoms with E-state index in [0.29, 0.717) is 16.8 Å². The van der Waals surface area contributed by atoms with Gasteiger partial charge in [0.05, 0.1) is 0 Å². The number of carbonyl (C=O) groups is 1. The van der Waals surface area contributed by atoms with Crippen LogP contribution >= 0.6 is 15.9 Å². The Kier molecular flexibility index (Phi) is 4.84. The highest BCUT2D eigenvalue weighted by Crippen LogP contribution is 2.13. The first-order valence-electron chi connectivity index (χ1n) is 6.40. The molecule has 2 aromatic heterocycles. The van der Waals surface area contributed by atoms with E-state index in [2.05, 4.69) is 25.9 Å². The van der Waals surface area contributed by atoms with Crippen molar-refractivity contribution in [3.05, 3.63) is 58.6 Å². The lowest BCUT2D eigenvalue weighted by Gasteiger charge is -2.26. The maximum atomic E-state index is 12.6. The highest BCUT2D eigenvalue weighted by Gasteiger charge is 2.20. The minimum absolute atomic E-state index is 0.0786. The minimum atomic E-state index is -0.0786. The van der Waals surface area contributed by atoms with Crippen molar-refractivity contribution in [3.63, 3.8) is 0 Å². The molecule has 0 aromatic carbocycles. The third-order valence-electron chi connectivity index (χ3n) is 2.89. The van der Waals surface area contributed by atoms with Gasteiger partial charge in [-0.15, -0.1) is 0 Å². The van der Waals surface area contributed by atoms with Crippen LogP contribution in [0.4, 0.5) is 0 Å². The third kappa shape index (κ3) is 3.63. The Bertz CT molecular complexity index is 587. The molecule has 0 bridgehead atoms. The van der Waals surface area contributed by atoms with E-state index in [0.717, 1.165) is 5.56 Å². The van der Waals surface area contributed by atoms with Crippen LogP contribution in [0.1, 0.15) is 29.9 Å². The monoisotopic (exact) mass is 333 g/mol. The first kappa shape index (κ1) is 14.7. The topological polar surface area (TPSA) is 46.1 Å². The molecule has 20 heavy (non-hydrogen) atoms. The van der Waals surface area contributed by atoms with Gasteiger partial charge < -0.3 is 4.90 Å². The average molecular weight is 334 g/mol. The van der Waals surface area contributed by atoms with Crippen molar-refractivity contribution in [3.8, 4) is 0 Å². The predicted octanol–water partition coefficient (Wildman–Crippen LogP) is 3.29. The maximum Gasteiger partial charge on any atom is 0.273 e. The summed E-state index contributed by atoms with van der Waals surface area (Å²) in [7, 11) is 0. The smallest absolute Gasteiger partial charge is 0.273 e. The molecule has 2 rings (SSSR count). The lowest BCUT2D eigenvalue weighted by molar-refractivity contribution is 0.0684. The largest absolute Gasteiger partial charge is 0.331 e. The van der Waals surface area contributed by atoms with Gasteiger partial charge in [-0.3, -0.25) is 9.78 Å². The second-order valence-electron chi connectivity index (χ2n) is 4.73. The van der Waals surface area contributed by atoms with Crippen molar-refractivity contribution in [2.45, 2.75) is 26.4 Å². The first-order chi connectivity index (χ1) is 9.58. The molecular weight excluding hydrogens is 318 g/mol. The summed E-state index contributed by atoms with van der Waals surface area (Å²) in [6.45, 7) is 4.51. The van der Waals surface area contributed by atoms with Crippen molar-refractivity contribution >= 4 is 21.8 Å². The molecule has 104 valence electrons. The summed E-state index contributed by atoms with van der Waals surface area (Å²) in [6, 6.07) is 9.26. The summed E-state index contributed by atoms with van der Waals surface area (Å²) in [6.07, 6.45) is 3.50. The number of carbonyl (C=O) groups excluding carboxylic acids is 1. The average Bonchev–Trinajstić information content (AvgIpc) is 2.45. The second kappa shape index (κ2) is 6.61. The van der Waals surface area contributed by atoms with Gasteiger partial charge in [0, 0.05) is 25.0 Å². The second-order valence-corrected chi connectivity index (χ2v) is 5.55. The van der Waals surface area contributed by atoms with E-state index >= 15 is 0 Å². The molecule has 0 aliphatic rings. The summed E-state index contributed by atoms with van der Waals surface area (Å²) in [5.41, 5.74) is 1.45. The van der Waals surface area contributed by atoms with Crippen LogP contribution in [0.5, 0.6) is 0 Å². The fraction of sp³-hybridized carbons (Fsp3) is 0.267.